The molecule has 1 aromatic carbocycles. The van der Waals surface area contributed by atoms with Crippen molar-refractivity contribution < 1.29 is 13.2 Å². The Balaban J connectivity index is 0.00000280. The molecule has 0 fully saturated rings. The maximum atomic E-state index is 12.6. The third kappa shape index (κ3) is 5.34. The highest BCUT2D eigenvalue weighted by Crippen LogP contribution is 2.29. The van der Waals surface area contributed by atoms with E-state index in [1.54, 1.807) is 0 Å². The topological polar surface area (TPSA) is 67.1 Å². The highest BCUT2D eigenvalue weighted by molar-refractivity contribution is 14.0. The van der Waals surface area contributed by atoms with Gasteiger partial charge in [-0.15, -0.1) is 35.3 Å². The first-order valence-electron chi connectivity index (χ1n) is 8.32. The molecule has 0 spiro atoms. The summed E-state index contributed by atoms with van der Waals surface area (Å²) >= 11 is 0.964. The third-order valence-electron chi connectivity index (χ3n) is 3.85. The van der Waals surface area contributed by atoms with Gasteiger partial charge in [-0.05, 0) is 19.1 Å². The third-order valence-corrected chi connectivity index (χ3v) is 4.70. The molecule has 0 saturated carbocycles. The Morgan fingerprint density at radius 2 is 1.96 bits per heavy atom. The van der Waals surface area contributed by atoms with E-state index in [0.717, 1.165) is 33.6 Å². The molecule has 6 nitrogen and oxygen atoms in total. The van der Waals surface area contributed by atoms with E-state index in [4.69, 9.17) is 0 Å². The smallest absolute Gasteiger partial charge is 0.357 e. The molecule has 28 heavy (non-hydrogen) atoms. The van der Waals surface area contributed by atoms with Crippen LogP contribution in [-0.4, -0.2) is 27.0 Å². The fourth-order valence-corrected chi connectivity index (χ4v) is 3.25. The van der Waals surface area contributed by atoms with Gasteiger partial charge in [0.25, 0.3) is 0 Å². The number of imidazole rings is 1. The number of thiazole rings is 1. The molecule has 0 amide bonds. The zero-order valence-corrected chi connectivity index (χ0v) is 18.4. The number of fused-ring (bicyclic) bond motifs is 1. The number of rotatable bonds is 5. The minimum atomic E-state index is -4.42. The summed E-state index contributed by atoms with van der Waals surface area (Å²) < 4.78 is 39.9. The van der Waals surface area contributed by atoms with E-state index in [1.165, 1.54) is 0 Å². The average Bonchev–Trinajstić information content (AvgIpc) is 3.23. The molecule has 11 heteroatoms. The fraction of sp³-hybridized carbons (Fsp3) is 0.353. The number of aromatic nitrogens is 3. The average molecular weight is 524 g/mol. The Kier molecular flexibility index (Phi) is 7.63. The van der Waals surface area contributed by atoms with Gasteiger partial charge in [0.05, 0.1) is 17.6 Å². The summed E-state index contributed by atoms with van der Waals surface area (Å²) in [5, 5.41) is 7.44. The van der Waals surface area contributed by atoms with E-state index in [2.05, 4.69) is 25.6 Å². The van der Waals surface area contributed by atoms with E-state index in [-0.39, 0.29) is 30.5 Å². The van der Waals surface area contributed by atoms with E-state index in [9.17, 15) is 13.2 Å². The van der Waals surface area contributed by atoms with Crippen molar-refractivity contribution in [1.29, 1.82) is 0 Å². The number of para-hydroxylation sites is 2. The zero-order valence-electron chi connectivity index (χ0n) is 15.2. The maximum absolute atomic E-state index is 12.6. The van der Waals surface area contributed by atoms with Crippen LogP contribution in [0.5, 0.6) is 0 Å². The van der Waals surface area contributed by atoms with Crippen LogP contribution in [0.4, 0.5) is 13.2 Å². The van der Waals surface area contributed by atoms with Gasteiger partial charge in [0.1, 0.15) is 17.4 Å². The second kappa shape index (κ2) is 9.54. The van der Waals surface area contributed by atoms with Crippen LogP contribution in [0.2, 0.25) is 0 Å². The first-order valence-corrected chi connectivity index (χ1v) is 9.20. The maximum Gasteiger partial charge on any atom is 0.434 e. The van der Waals surface area contributed by atoms with E-state index in [0.29, 0.717) is 24.1 Å². The lowest BCUT2D eigenvalue weighted by atomic mass is 10.3. The zero-order chi connectivity index (χ0) is 19.4. The summed E-state index contributed by atoms with van der Waals surface area (Å²) in [5.74, 6) is 1.29. The molecule has 0 aliphatic heterocycles. The summed E-state index contributed by atoms with van der Waals surface area (Å²) in [7, 11) is 1.93. The van der Waals surface area contributed by atoms with E-state index >= 15 is 0 Å². The number of hydrogen-bond donors (Lipinski definition) is 2. The van der Waals surface area contributed by atoms with Crippen LogP contribution in [0.25, 0.3) is 11.0 Å². The van der Waals surface area contributed by atoms with Gasteiger partial charge in [-0.3, -0.25) is 0 Å². The Hall–Kier alpha value is -1.89. The van der Waals surface area contributed by atoms with Gasteiger partial charge >= 0.3 is 6.18 Å². The van der Waals surface area contributed by atoms with Crippen molar-refractivity contribution in [3.8, 4) is 0 Å². The highest BCUT2D eigenvalue weighted by atomic mass is 127. The van der Waals surface area contributed by atoms with Crippen LogP contribution in [0.15, 0.2) is 34.6 Å². The van der Waals surface area contributed by atoms with Crippen molar-refractivity contribution in [2.75, 3.05) is 6.54 Å². The number of benzene rings is 1. The SMILES string of the molecule is CCNC(=NCc1nc2ccccc2n1C)NCc1nc(C(F)(F)F)cs1.I. The number of nitrogens with zero attached hydrogens (tertiary/aromatic N) is 4. The number of guanidine groups is 1. The van der Waals surface area contributed by atoms with Crippen molar-refractivity contribution in [3.05, 3.63) is 46.2 Å². The van der Waals surface area contributed by atoms with E-state index in [1.807, 2.05) is 42.8 Å². The quantitative estimate of drug-likeness (QED) is 0.302. The summed E-state index contributed by atoms with van der Waals surface area (Å²) in [5.41, 5.74) is 1.04. The van der Waals surface area contributed by atoms with Crippen LogP contribution < -0.4 is 10.6 Å². The lowest BCUT2D eigenvalue weighted by molar-refractivity contribution is -0.140. The molecule has 0 atom stereocenters. The van der Waals surface area contributed by atoms with Crippen LogP contribution in [0.1, 0.15) is 23.4 Å². The Morgan fingerprint density at radius 3 is 2.61 bits per heavy atom. The van der Waals surface area contributed by atoms with Gasteiger partial charge < -0.3 is 15.2 Å². The number of aryl methyl sites for hydroxylation is 1. The van der Waals surface area contributed by atoms with Crippen molar-refractivity contribution in [2.24, 2.45) is 12.0 Å². The lowest BCUT2D eigenvalue weighted by Gasteiger charge is -2.10. The van der Waals surface area contributed by atoms with Crippen LogP contribution in [0, 0.1) is 0 Å². The van der Waals surface area contributed by atoms with E-state index < -0.39 is 11.9 Å². The molecule has 3 aromatic rings. The standard InChI is InChI=1S/C17H19F3N6S.HI/c1-3-21-16(23-9-15-25-13(10-27-15)17(18,19)20)22-8-14-24-11-6-4-5-7-12(11)26(14)2;/h4-7,10H,3,8-9H2,1-2H3,(H2,21,22,23);1H. The predicted molar refractivity (Wildman–Crippen MR) is 115 cm³/mol. The molecular formula is C17H20F3IN6S. The number of nitrogens with one attached hydrogen (secondary N) is 2. The minimum absolute atomic E-state index is 0. The molecule has 2 N–H and O–H groups in total. The van der Waals surface area contributed by atoms with Gasteiger partial charge in [-0.25, -0.2) is 15.0 Å². The molecule has 3 rings (SSSR count). The highest BCUT2D eigenvalue weighted by Gasteiger charge is 2.33. The molecular weight excluding hydrogens is 504 g/mol. The molecule has 0 aliphatic rings. The number of hydrogen-bond acceptors (Lipinski definition) is 4. The Labute approximate surface area is 181 Å². The monoisotopic (exact) mass is 524 g/mol. The molecule has 0 bridgehead atoms. The van der Waals surface area contributed by atoms with Crippen molar-refractivity contribution in [3.63, 3.8) is 0 Å². The number of alkyl halides is 3. The number of aliphatic imine (C=N–C) groups is 1. The lowest BCUT2D eigenvalue weighted by Crippen LogP contribution is -2.36. The number of halogens is 4. The predicted octanol–water partition coefficient (Wildman–Crippen LogP) is 3.92. The Bertz CT molecular complexity index is 950. The summed E-state index contributed by atoms with van der Waals surface area (Å²) in [6.07, 6.45) is -4.42. The van der Waals surface area contributed by atoms with Crippen molar-refractivity contribution >= 4 is 52.3 Å². The van der Waals surface area contributed by atoms with Gasteiger partial charge in [0, 0.05) is 19.0 Å². The van der Waals surface area contributed by atoms with Crippen molar-refractivity contribution in [1.82, 2.24) is 25.2 Å². The molecule has 152 valence electrons. The first-order chi connectivity index (χ1) is 12.9. The second-order valence-electron chi connectivity index (χ2n) is 5.75. The minimum Gasteiger partial charge on any atom is -0.357 e. The van der Waals surface area contributed by atoms with Crippen LogP contribution in [0.3, 0.4) is 0 Å². The normalized spacial score (nSPS) is 12.1. The van der Waals surface area contributed by atoms with Crippen LogP contribution >= 0.6 is 35.3 Å². The summed E-state index contributed by atoms with van der Waals surface area (Å²) in [6.45, 7) is 3.04. The molecule has 0 aliphatic carbocycles. The fourth-order valence-electron chi connectivity index (χ4n) is 2.51. The summed E-state index contributed by atoms with van der Waals surface area (Å²) in [6, 6.07) is 7.80. The molecule has 2 aromatic heterocycles. The van der Waals surface area contributed by atoms with Gasteiger partial charge in [-0.1, -0.05) is 12.1 Å². The molecule has 2 heterocycles. The molecule has 0 radical (unpaired) electrons. The first kappa shape index (κ1) is 22.4. The van der Waals surface area contributed by atoms with Gasteiger partial charge in [0.15, 0.2) is 11.7 Å². The van der Waals surface area contributed by atoms with Crippen LogP contribution in [-0.2, 0) is 26.3 Å². The molecule has 0 saturated heterocycles. The summed E-state index contributed by atoms with van der Waals surface area (Å²) in [4.78, 5) is 12.6. The second-order valence-corrected chi connectivity index (χ2v) is 6.69. The largest absolute Gasteiger partial charge is 0.434 e. The van der Waals surface area contributed by atoms with Crippen molar-refractivity contribution in [2.45, 2.75) is 26.2 Å². The van der Waals surface area contributed by atoms with Gasteiger partial charge in [0.2, 0.25) is 0 Å². The molecule has 0 unspecified atom stereocenters. The van der Waals surface area contributed by atoms with Gasteiger partial charge in [-0.2, -0.15) is 13.2 Å². The Morgan fingerprint density at radius 1 is 1.21 bits per heavy atom.